The molecule has 1 heterocycles. The molecule has 1 rings (SSSR count). The number of carbonyl (C=O) groups excluding carboxylic acids is 2. The van der Waals surface area contributed by atoms with Gasteiger partial charge in [-0.05, 0) is 20.3 Å². The minimum atomic E-state index is -0.0936. The molecule has 7 nitrogen and oxygen atoms in total. The number of likely N-dealkylation sites (N-methyl/N-ethyl adjacent to an activating group) is 1. The zero-order valence-corrected chi connectivity index (χ0v) is 16.0. The Hall–Kier alpha value is -1.06. The molecule has 128 valence electrons. The second-order valence-corrected chi connectivity index (χ2v) is 4.97. The van der Waals surface area contributed by atoms with Crippen LogP contribution in [0.2, 0.25) is 0 Å². The standard InChI is InChI=1S/C14H27N5O2.HI/c1-4-13(21)19-8-7-11(10-19)18-14(16-6-3)17-9-12(20)15-5-2;/h11H,4-10H2,1-3H3,(H,15,20)(H2,16,17,18);1H. The Bertz CT molecular complexity index is 389. The lowest BCUT2D eigenvalue weighted by Crippen LogP contribution is -2.45. The number of guanidine groups is 1. The van der Waals surface area contributed by atoms with Gasteiger partial charge in [-0.25, -0.2) is 4.99 Å². The molecule has 1 fully saturated rings. The molecule has 22 heavy (non-hydrogen) atoms. The first-order chi connectivity index (χ1) is 10.1. The lowest BCUT2D eigenvalue weighted by Gasteiger charge is -2.18. The first-order valence-electron chi connectivity index (χ1n) is 7.69. The third-order valence-electron chi connectivity index (χ3n) is 3.28. The van der Waals surface area contributed by atoms with Gasteiger partial charge in [0.15, 0.2) is 5.96 Å². The highest BCUT2D eigenvalue weighted by Gasteiger charge is 2.25. The first kappa shape index (κ1) is 20.9. The lowest BCUT2D eigenvalue weighted by molar-refractivity contribution is -0.129. The molecule has 0 aromatic rings. The molecular formula is C14H28IN5O2. The molecule has 0 saturated carbocycles. The van der Waals surface area contributed by atoms with Crippen LogP contribution in [0.4, 0.5) is 0 Å². The summed E-state index contributed by atoms with van der Waals surface area (Å²) < 4.78 is 0. The first-order valence-corrected chi connectivity index (χ1v) is 7.69. The van der Waals surface area contributed by atoms with Gasteiger partial charge in [-0.2, -0.15) is 0 Å². The smallest absolute Gasteiger partial charge is 0.241 e. The number of aliphatic imine (C=N–C) groups is 1. The second kappa shape index (κ2) is 11.5. The summed E-state index contributed by atoms with van der Waals surface area (Å²) in [7, 11) is 0. The third-order valence-corrected chi connectivity index (χ3v) is 3.28. The van der Waals surface area contributed by atoms with E-state index in [9.17, 15) is 9.59 Å². The number of amides is 2. The number of hydrogen-bond acceptors (Lipinski definition) is 3. The SMILES string of the molecule is CCNC(=O)CN=C(NCC)NC1CCN(C(=O)CC)C1.I. The van der Waals surface area contributed by atoms with Crippen molar-refractivity contribution in [2.24, 2.45) is 4.99 Å². The van der Waals surface area contributed by atoms with Gasteiger partial charge in [0.25, 0.3) is 0 Å². The maximum absolute atomic E-state index is 11.7. The normalized spacial score (nSPS) is 17.7. The van der Waals surface area contributed by atoms with Crippen molar-refractivity contribution in [2.75, 3.05) is 32.7 Å². The van der Waals surface area contributed by atoms with Crippen molar-refractivity contribution in [3.8, 4) is 0 Å². The van der Waals surface area contributed by atoms with Gasteiger partial charge in [0.1, 0.15) is 6.54 Å². The average molecular weight is 425 g/mol. The van der Waals surface area contributed by atoms with Gasteiger partial charge in [-0.1, -0.05) is 6.92 Å². The Morgan fingerprint density at radius 2 is 1.86 bits per heavy atom. The molecule has 8 heteroatoms. The topological polar surface area (TPSA) is 85.8 Å². The Balaban J connectivity index is 0.00000441. The number of halogens is 1. The molecule has 2 amide bonds. The van der Waals surface area contributed by atoms with Crippen LogP contribution in [0.3, 0.4) is 0 Å². The van der Waals surface area contributed by atoms with Gasteiger partial charge in [-0.3, -0.25) is 9.59 Å². The van der Waals surface area contributed by atoms with E-state index in [1.807, 2.05) is 25.7 Å². The monoisotopic (exact) mass is 425 g/mol. The van der Waals surface area contributed by atoms with E-state index < -0.39 is 0 Å². The zero-order chi connectivity index (χ0) is 15.7. The molecule has 0 radical (unpaired) electrons. The van der Waals surface area contributed by atoms with Crippen molar-refractivity contribution < 1.29 is 9.59 Å². The summed E-state index contributed by atoms with van der Waals surface area (Å²) in [5.41, 5.74) is 0. The lowest BCUT2D eigenvalue weighted by atomic mass is 10.3. The molecule has 1 aliphatic rings. The number of nitrogens with zero attached hydrogens (tertiary/aromatic N) is 2. The van der Waals surface area contributed by atoms with Crippen LogP contribution in [0, 0.1) is 0 Å². The molecule has 1 aliphatic heterocycles. The van der Waals surface area contributed by atoms with Crippen LogP contribution in [0.25, 0.3) is 0 Å². The number of hydrogen-bond donors (Lipinski definition) is 3. The van der Waals surface area contributed by atoms with Gasteiger partial charge in [-0.15, -0.1) is 24.0 Å². The summed E-state index contributed by atoms with van der Waals surface area (Å²) in [5, 5.41) is 9.12. The Kier molecular flexibility index (Phi) is 10.9. The largest absolute Gasteiger partial charge is 0.357 e. The van der Waals surface area contributed by atoms with E-state index in [2.05, 4.69) is 20.9 Å². The van der Waals surface area contributed by atoms with E-state index in [4.69, 9.17) is 0 Å². The summed E-state index contributed by atoms with van der Waals surface area (Å²) in [6, 6.07) is 0.188. The van der Waals surface area contributed by atoms with Crippen molar-refractivity contribution in [1.82, 2.24) is 20.9 Å². The predicted octanol–water partition coefficient (Wildman–Crippen LogP) is 0.307. The average Bonchev–Trinajstić information content (AvgIpc) is 2.93. The van der Waals surface area contributed by atoms with Crippen LogP contribution in [-0.2, 0) is 9.59 Å². The summed E-state index contributed by atoms with van der Waals surface area (Å²) in [6.45, 7) is 8.64. The number of nitrogens with one attached hydrogen (secondary N) is 3. The van der Waals surface area contributed by atoms with Gasteiger partial charge in [0, 0.05) is 38.6 Å². The fourth-order valence-corrected chi connectivity index (χ4v) is 2.25. The highest BCUT2D eigenvalue weighted by atomic mass is 127. The van der Waals surface area contributed by atoms with Crippen LogP contribution >= 0.6 is 24.0 Å². The molecule has 0 aromatic heterocycles. The molecule has 0 spiro atoms. The Morgan fingerprint density at radius 3 is 2.45 bits per heavy atom. The molecule has 1 unspecified atom stereocenters. The van der Waals surface area contributed by atoms with Gasteiger partial charge < -0.3 is 20.9 Å². The van der Waals surface area contributed by atoms with Crippen LogP contribution in [0.1, 0.15) is 33.6 Å². The quantitative estimate of drug-likeness (QED) is 0.325. The maximum atomic E-state index is 11.7. The summed E-state index contributed by atoms with van der Waals surface area (Å²) >= 11 is 0. The fraction of sp³-hybridized carbons (Fsp3) is 0.786. The van der Waals surface area contributed by atoms with Gasteiger partial charge >= 0.3 is 0 Å². The van der Waals surface area contributed by atoms with Crippen molar-refractivity contribution in [2.45, 2.75) is 39.7 Å². The highest BCUT2D eigenvalue weighted by Crippen LogP contribution is 2.10. The van der Waals surface area contributed by atoms with E-state index in [0.717, 1.165) is 19.5 Å². The van der Waals surface area contributed by atoms with Gasteiger partial charge in [0.05, 0.1) is 0 Å². The minimum Gasteiger partial charge on any atom is -0.357 e. The van der Waals surface area contributed by atoms with E-state index in [1.165, 1.54) is 0 Å². The number of likely N-dealkylation sites (tertiary alicyclic amines) is 1. The van der Waals surface area contributed by atoms with Gasteiger partial charge in [0.2, 0.25) is 11.8 Å². The molecule has 0 aliphatic carbocycles. The van der Waals surface area contributed by atoms with Crippen molar-refractivity contribution in [3.05, 3.63) is 0 Å². The van der Waals surface area contributed by atoms with Crippen LogP contribution < -0.4 is 16.0 Å². The molecule has 0 aromatic carbocycles. The van der Waals surface area contributed by atoms with E-state index >= 15 is 0 Å². The maximum Gasteiger partial charge on any atom is 0.241 e. The predicted molar refractivity (Wildman–Crippen MR) is 98.5 cm³/mol. The van der Waals surface area contributed by atoms with Crippen molar-refractivity contribution in [1.29, 1.82) is 0 Å². The van der Waals surface area contributed by atoms with Crippen LogP contribution in [0.15, 0.2) is 4.99 Å². The zero-order valence-electron chi connectivity index (χ0n) is 13.6. The van der Waals surface area contributed by atoms with E-state index in [0.29, 0.717) is 25.5 Å². The summed E-state index contributed by atoms with van der Waals surface area (Å²) in [5.74, 6) is 0.715. The van der Waals surface area contributed by atoms with E-state index in [-0.39, 0.29) is 48.4 Å². The minimum absolute atomic E-state index is 0. The second-order valence-electron chi connectivity index (χ2n) is 4.97. The Morgan fingerprint density at radius 1 is 1.18 bits per heavy atom. The summed E-state index contributed by atoms with van der Waals surface area (Å²) in [4.78, 5) is 29.2. The number of rotatable bonds is 6. The summed E-state index contributed by atoms with van der Waals surface area (Å²) in [6.07, 6.45) is 1.44. The van der Waals surface area contributed by atoms with E-state index in [1.54, 1.807) is 0 Å². The van der Waals surface area contributed by atoms with Crippen LogP contribution in [0.5, 0.6) is 0 Å². The Labute approximate surface area is 149 Å². The third kappa shape index (κ3) is 7.28. The molecule has 1 saturated heterocycles. The molecule has 1 atom stereocenters. The number of carbonyl (C=O) groups is 2. The van der Waals surface area contributed by atoms with Crippen LogP contribution in [-0.4, -0.2) is 61.4 Å². The van der Waals surface area contributed by atoms with Crippen molar-refractivity contribution in [3.63, 3.8) is 0 Å². The van der Waals surface area contributed by atoms with Crippen molar-refractivity contribution >= 4 is 41.8 Å². The molecule has 0 bridgehead atoms. The highest BCUT2D eigenvalue weighted by molar-refractivity contribution is 14.0. The molecular weight excluding hydrogens is 397 g/mol. The molecule has 3 N–H and O–H groups in total. The fourth-order valence-electron chi connectivity index (χ4n) is 2.25.